The predicted octanol–water partition coefficient (Wildman–Crippen LogP) is 3.18. The summed E-state index contributed by atoms with van der Waals surface area (Å²) in [7, 11) is 1.55. The molecule has 1 aromatic carbocycles. The van der Waals surface area contributed by atoms with Gasteiger partial charge in [0, 0.05) is 25.6 Å². The quantitative estimate of drug-likeness (QED) is 0.931. The van der Waals surface area contributed by atoms with Crippen LogP contribution in [0.25, 0.3) is 0 Å². The van der Waals surface area contributed by atoms with Crippen molar-refractivity contribution in [3.63, 3.8) is 0 Å². The molecule has 2 rings (SSSR count). The molecule has 1 aliphatic rings. The van der Waals surface area contributed by atoms with E-state index in [9.17, 15) is 18.0 Å². The van der Waals surface area contributed by atoms with Crippen LogP contribution in [0.1, 0.15) is 36.8 Å². The molecule has 22 heavy (non-hydrogen) atoms. The van der Waals surface area contributed by atoms with Crippen LogP contribution in [-0.4, -0.2) is 23.9 Å². The lowest BCUT2D eigenvalue weighted by Gasteiger charge is -2.30. The monoisotopic (exact) mass is 314 g/mol. The van der Waals surface area contributed by atoms with Crippen molar-refractivity contribution in [3.05, 3.63) is 35.4 Å². The van der Waals surface area contributed by atoms with Gasteiger partial charge >= 0.3 is 6.18 Å². The van der Waals surface area contributed by atoms with Crippen LogP contribution in [0.2, 0.25) is 0 Å². The second-order valence-corrected chi connectivity index (χ2v) is 5.97. The molecule has 6 heteroatoms. The van der Waals surface area contributed by atoms with Crippen LogP contribution in [0.3, 0.4) is 0 Å². The fraction of sp³-hybridized carbons (Fsp3) is 0.562. The first kappa shape index (κ1) is 16.8. The van der Waals surface area contributed by atoms with Crippen LogP contribution in [-0.2, 0) is 17.5 Å². The van der Waals surface area contributed by atoms with Gasteiger partial charge in [0.2, 0.25) is 5.91 Å². The Morgan fingerprint density at radius 1 is 1.32 bits per heavy atom. The highest BCUT2D eigenvalue weighted by Crippen LogP contribution is 2.32. The van der Waals surface area contributed by atoms with Crippen LogP contribution in [0.15, 0.2) is 24.3 Å². The lowest BCUT2D eigenvalue weighted by Crippen LogP contribution is -2.38. The Morgan fingerprint density at radius 2 is 2.00 bits per heavy atom. The third-order valence-corrected chi connectivity index (χ3v) is 4.17. The van der Waals surface area contributed by atoms with Crippen LogP contribution < -0.4 is 5.73 Å². The van der Waals surface area contributed by atoms with Gasteiger partial charge in [-0.05, 0) is 30.9 Å². The molecule has 0 spiro atoms. The van der Waals surface area contributed by atoms with Gasteiger partial charge in [0.15, 0.2) is 0 Å². The average Bonchev–Trinajstić information content (AvgIpc) is 2.46. The van der Waals surface area contributed by atoms with E-state index in [4.69, 9.17) is 5.73 Å². The SMILES string of the molecule is CN(Cc1ccccc1C(F)(F)F)C(=O)[C@@H]1CCC[C@H](N)C1. The number of carbonyl (C=O) groups is 1. The second-order valence-electron chi connectivity index (χ2n) is 5.97. The molecule has 2 N–H and O–H groups in total. The number of nitrogens with zero attached hydrogens (tertiary/aromatic N) is 1. The first-order valence-electron chi connectivity index (χ1n) is 7.44. The van der Waals surface area contributed by atoms with Gasteiger partial charge < -0.3 is 10.6 Å². The van der Waals surface area contributed by atoms with E-state index >= 15 is 0 Å². The third kappa shape index (κ3) is 4.00. The number of rotatable bonds is 3. The highest BCUT2D eigenvalue weighted by Gasteiger charge is 2.34. The molecular weight excluding hydrogens is 293 g/mol. The topological polar surface area (TPSA) is 46.3 Å². The zero-order chi connectivity index (χ0) is 16.3. The number of nitrogens with two attached hydrogens (primary N) is 1. The van der Waals surface area contributed by atoms with Gasteiger partial charge in [-0.15, -0.1) is 0 Å². The van der Waals surface area contributed by atoms with Crippen LogP contribution in [0.4, 0.5) is 13.2 Å². The predicted molar refractivity (Wildman–Crippen MR) is 77.9 cm³/mol. The number of alkyl halides is 3. The van der Waals surface area contributed by atoms with Gasteiger partial charge in [0.05, 0.1) is 5.56 Å². The summed E-state index contributed by atoms with van der Waals surface area (Å²) in [6.07, 6.45) is -1.23. The van der Waals surface area contributed by atoms with Crippen LogP contribution in [0.5, 0.6) is 0 Å². The minimum Gasteiger partial charge on any atom is -0.341 e. The summed E-state index contributed by atoms with van der Waals surface area (Å²) in [5.41, 5.74) is 5.31. The Kier molecular flexibility index (Phi) is 5.11. The van der Waals surface area contributed by atoms with E-state index in [1.54, 1.807) is 13.1 Å². The van der Waals surface area contributed by atoms with Crippen molar-refractivity contribution in [3.8, 4) is 0 Å². The van der Waals surface area contributed by atoms with E-state index in [0.717, 1.165) is 25.3 Å². The molecule has 0 aromatic heterocycles. The van der Waals surface area contributed by atoms with Gasteiger partial charge in [-0.25, -0.2) is 0 Å². The Balaban J connectivity index is 2.09. The number of amides is 1. The lowest BCUT2D eigenvalue weighted by molar-refractivity contribution is -0.140. The highest BCUT2D eigenvalue weighted by atomic mass is 19.4. The van der Waals surface area contributed by atoms with Gasteiger partial charge in [-0.2, -0.15) is 13.2 Å². The largest absolute Gasteiger partial charge is 0.416 e. The van der Waals surface area contributed by atoms with Crippen molar-refractivity contribution in [1.29, 1.82) is 0 Å². The van der Waals surface area contributed by atoms with Crippen LogP contribution >= 0.6 is 0 Å². The Hall–Kier alpha value is -1.56. The molecule has 0 unspecified atom stereocenters. The summed E-state index contributed by atoms with van der Waals surface area (Å²) >= 11 is 0. The minimum atomic E-state index is -4.41. The van der Waals surface area contributed by atoms with E-state index < -0.39 is 11.7 Å². The second kappa shape index (κ2) is 6.69. The minimum absolute atomic E-state index is 0.0126. The van der Waals surface area contributed by atoms with E-state index in [2.05, 4.69) is 0 Å². The summed E-state index contributed by atoms with van der Waals surface area (Å²) < 4.78 is 39.0. The molecule has 122 valence electrons. The maximum Gasteiger partial charge on any atom is 0.416 e. The third-order valence-electron chi connectivity index (χ3n) is 4.17. The van der Waals surface area contributed by atoms with Gasteiger partial charge in [0.25, 0.3) is 0 Å². The highest BCUT2D eigenvalue weighted by molar-refractivity contribution is 5.78. The molecule has 0 saturated heterocycles. The molecule has 1 amide bonds. The van der Waals surface area contributed by atoms with E-state index in [1.807, 2.05) is 0 Å². The molecule has 0 aliphatic heterocycles. The Labute approximate surface area is 128 Å². The zero-order valence-corrected chi connectivity index (χ0v) is 12.6. The summed E-state index contributed by atoms with van der Waals surface area (Å²) in [4.78, 5) is 13.8. The number of benzene rings is 1. The maximum absolute atomic E-state index is 13.0. The molecule has 1 aliphatic carbocycles. The van der Waals surface area contributed by atoms with Crippen molar-refractivity contribution >= 4 is 5.91 Å². The normalized spacial score (nSPS) is 22.4. The van der Waals surface area contributed by atoms with Gasteiger partial charge in [-0.3, -0.25) is 4.79 Å². The smallest absolute Gasteiger partial charge is 0.341 e. The molecule has 1 fully saturated rings. The van der Waals surface area contributed by atoms with Crippen molar-refractivity contribution in [2.45, 2.75) is 44.4 Å². The number of hydrogen-bond donors (Lipinski definition) is 1. The number of hydrogen-bond acceptors (Lipinski definition) is 2. The molecule has 1 aromatic rings. The number of carbonyl (C=O) groups excluding carboxylic acids is 1. The average molecular weight is 314 g/mol. The molecule has 3 nitrogen and oxygen atoms in total. The standard InChI is InChI=1S/C16H21F3N2O/c1-21(15(22)11-6-4-7-13(20)9-11)10-12-5-2-3-8-14(12)16(17,18)19/h2-3,5,8,11,13H,4,6-7,9-10,20H2,1H3/t11-,13+/m1/s1. The summed E-state index contributed by atoms with van der Waals surface area (Å²) in [5, 5.41) is 0. The van der Waals surface area contributed by atoms with Crippen molar-refractivity contribution in [2.24, 2.45) is 11.7 Å². The molecule has 0 radical (unpaired) electrons. The fourth-order valence-electron chi connectivity index (χ4n) is 3.03. The van der Waals surface area contributed by atoms with Gasteiger partial charge in [-0.1, -0.05) is 24.6 Å². The van der Waals surface area contributed by atoms with Gasteiger partial charge in [0.1, 0.15) is 0 Å². The van der Waals surface area contributed by atoms with Crippen molar-refractivity contribution in [1.82, 2.24) is 4.90 Å². The molecule has 2 atom stereocenters. The van der Waals surface area contributed by atoms with E-state index in [-0.39, 0.29) is 30.0 Å². The summed E-state index contributed by atoms with van der Waals surface area (Å²) in [6.45, 7) is -0.0414. The van der Waals surface area contributed by atoms with Crippen molar-refractivity contribution in [2.75, 3.05) is 7.05 Å². The molecule has 0 bridgehead atoms. The van der Waals surface area contributed by atoms with E-state index in [1.165, 1.54) is 17.0 Å². The number of halogens is 3. The summed E-state index contributed by atoms with van der Waals surface area (Å²) in [6, 6.07) is 5.38. The summed E-state index contributed by atoms with van der Waals surface area (Å²) in [5.74, 6) is -0.293. The first-order chi connectivity index (χ1) is 10.3. The maximum atomic E-state index is 13.0. The molecule has 0 heterocycles. The van der Waals surface area contributed by atoms with Crippen molar-refractivity contribution < 1.29 is 18.0 Å². The Bertz CT molecular complexity index is 530. The molecular formula is C16H21F3N2O. The lowest BCUT2D eigenvalue weighted by atomic mass is 9.85. The molecule has 1 saturated carbocycles. The first-order valence-corrected chi connectivity index (χ1v) is 7.44. The zero-order valence-electron chi connectivity index (χ0n) is 12.6. The van der Waals surface area contributed by atoms with E-state index in [0.29, 0.717) is 6.42 Å². The van der Waals surface area contributed by atoms with Crippen LogP contribution in [0, 0.1) is 5.92 Å². The fourth-order valence-corrected chi connectivity index (χ4v) is 3.03. The Morgan fingerprint density at radius 3 is 2.64 bits per heavy atom.